The highest BCUT2D eigenvalue weighted by Crippen LogP contribution is 2.19. The van der Waals surface area contributed by atoms with Gasteiger partial charge < -0.3 is 5.11 Å². The molecule has 0 aromatic heterocycles. The zero-order chi connectivity index (χ0) is 14.5. The third-order valence-electron chi connectivity index (χ3n) is 2.75. The first kappa shape index (κ1) is 13.5. The van der Waals surface area contributed by atoms with Gasteiger partial charge in [0.25, 0.3) is 5.69 Å². The quantitative estimate of drug-likeness (QED) is 0.399. The van der Waals surface area contributed by atoms with E-state index in [9.17, 15) is 20.0 Å². The zero-order valence-electron chi connectivity index (χ0n) is 10.4. The van der Waals surface area contributed by atoms with Gasteiger partial charge in [0.05, 0.1) is 10.5 Å². The number of phenolic OH excluding ortho intramolecular Hbond substituents is 1. The van der Waals surface area contributed by atoms with Crippen LogP contribution >= 0.6 is 0 Å². The SMILES string of the molecule is O=Cc1cc(C=Cc2ccc([N+](=O)[O-])cc2)ccc1O. The minimum absolute atomic E-state index is 0.0371. The van der Waals surface area contributed by atoms with Gasteiger partial charge in [-0.15, -0.1) is 0 Å². The topological polar surface area (TPSA) is 80.4 Å². The van der Waals surface area contributed by atoms with E-state index in [1.54, 1.807) is 36.4 Å². The number of phenols is 1. The predicted octanol–water partition coefficient (Wildman–Crippen LogP) is 3.28. The average Bonchev–Trinajstić information content (AvgIpc) is 2.46. The molecule has 0 atom stereocenters. The minimum Gasteiger partial charge on any atom is -0.507 e. The maximum Gasteiger partial charge on any atom is 0.269 e. The second kappa shape index (κ2) is 5.79. The number of rotatable bonds is 4. The van der Waals surface area contributed by atoms with Crippen molar-refractivity contribution in [3.8, 4) is 5.75 Å². The molecule has 5 heteroatoms. The van der Waals surface area contributed by atoms with Crippen molar-refractivity contribution in [1.29, 1.82) is 0 Å². The van der Waals surface area contributed by atoms with Gasteiger partial charge in [-0.25, -0.2) is 0 Å². The Hall–Kier alpha value is -2.95. The van der Waals surface area contributed by atoms with Crippen molar-refractivity contribution in [2.24, 2.45) is 0 Å². The molecule has 0 heterocycles. The second-order valence-electron chi connectivity index (χ2n) is 4.12. The van der Waals surface area contributed by atoms with Gasteiger partial charge in [0.2, 0.25) is 0 Å². The molecular formula is C15H11NO4. The number of hydrogen-bond acceptors (Lipinski definition) is 4. The number of nitrogens with zero attached hydrogens (tertiary/aromatic N) is 1. The fraction of sp³-hybridized carbons (Fsp3) is 0. The van der Waals surface area contributed by atoms with Crippen LogP contribution in [0, 0.1) is 10.1 Å². The minimum atomic E-state index is -0.455. The molecule has 0 unspecified atom stereocenters. The predicted molar refractivity (Wildman–Crippen MR) is 75.5 cm³/mol. The van der Waals surface area contributed by atoms with Crippen molar-refractivity contribution in [3.63, 3.8) is 0 Å². The fourth-order valence-corrected chi connectivity index (χ4v) is 1.67. The number of nitro groups is 1. The molecule has 1 N–H and O–H groups in total. The smallest absolute Gasteiger partial charge is 0.269 e. The fourth-order valence-electron chi connectivity index (χ4n) is 1.67. The first-order chi connectivity index (χ1) is 9.60. The molecule has 20 heavy (non-hydrogen) atoms. The zero-order valence-corrected chi connectivity index (χ0v) is 10.4. The van der Waals surface area contributed by atoms with Crippen LogP contribution in [0.5, 0.6) is 5.75 Å². The van der Waals surface area contributed by atoms with Gasteiger partial charge in [-0.3, -0.25) is 14.9 Å². The number of nitro benzene ring substituents is 1. The molecule has 5 nitrogen and oxygen atoms in total. The number of benzene rings is 2. The van der Waals surface area contributed by atoms with Crippen molar-refractivity contribution < 1.29 is 14.8 Å². The third kappa shape index (κ3) is 3.08. The van der Waals surface area contributed by atoms with Crippen LogP contribution in [0.1, 0.15) is 21.5 Å². The summed E-state index contributed by atoms with van der Waals surface area (Å²) in [4.78, 5) is 20.8. The number of carbonyl (C=O) groups excluding carboxylic acids is 1. The van der Waals surface area contributed by atoms with Crippen molar-refractivity contribution >= 4 is 24.1 Å². The van der Waals surface area contributed by atoms with Crippen LogP contribution in [0.2, 0.25) is 0 Å². The van der Waals surface area contributed by atoms with E-state index in [0.717, 1.165) is 11.1 Å². The van der Waals surface area contributed by atoms with E-state index in [4.69, 9.17) is 0 Å². The van der Waals surface area contributed by atoms with Crippen molar-refractivity contribution in [2.45, 2.75) is 0 Å². The summed E-state index contributed by atoms with van der Waals surface area (Å²) in [6.07, 6.45) is 4.11. The maximum absolute atomic E-state index is 10.7. The van der Waals surface area contributed by atoms with E-state index in [1.807, 2.05) is 0 Å². The average molecular weight is 269 g/mol. The van der Waals surface area contributed by atoms with Gasteiger partial charge in [-0.2, -0.15) is 0 Å². The molecule has 0 radical (unpaired) electrons. The summed E-state index contributed by atoms with van der Waals surface area (Å²) in [5.74, 6) is -0.0625. The highest BCUT2D eigenvalue weighted by molar-refractivity contribution is 5.81. The summed E-state index contributed by atoms with van der Waals surface area (Å²) in [6, 6.07) is 10.8. The highest BCUT2D eigenvalue weighted by atomic mass is 16.6. The van der Waals surface area contributed by atoms with Gasteiger partial charge in [0, 0.05) is 12.1 Å². The normalized spacial score (nSPS) is 10.6. The Kier molecular flexibility index (Phi) is 3.91. The van der Waals surface area contributed by atoms with Gasteiger partial charge in [0.1, 0.15) is 5.75 Å². The van der Waals surface area contributed by atoms with E-state index in [0.29, 0.717) is 6.29 Å². The Bertz CT molecular complexity index is 675. The van der Waals surface area contributed by atoms with Gasteiger partial charge in [-0.05, 0) is 35.4 Å². The first-order valence-corrected chi connectivity index (χ1v) is 5.81. The molecule has 0 aliphatic rings. The summed E-state index contributed by atoms with van der Waals surface area (Å²) in [5.41, 5.74) is 1.81. The summed E-state index contributed by atoms with van der Waals surface area (Å²) < 4.78 is 0. The summed E-state index contributed by atoms with van der Waals surface area (Å²) in [5, 5.41) is 19.9. The lowest BCUT2D eigenvalue weighted by atomic mass is 10.1. The Morgan fingerprint density at radius 2 is 1.60 bits per heavy atom. The summed E-state index contributed by atoms with van der Waals surface area (Å²) >= 11 is 0. The lowest BCUT2D eigenvalue weighted by Crippen LogP contribution is -1.86. The van der Waals surface area contributed by atoms with Crippen LogP contribution in [0.3, 0.4) is 0 Å². The van der Waals surface area contributed by atoms with Gasteiger partial charge in [0.15, 0.2) is 6.29 Å². The largest absolute Gasteiger partial charge is 0.507 e. The molecular weight excluding hydrogens is 258 g/mol. The van der Waals surface area contributed by atoms with Crippen molar-refractivity contribution in [3.05, 3.63) is 69.3 Å². The van der Waals surface area contributed by atoms with Crippen LogP contribution in [0.25, 0.3) is 12.2 Å². The molecule has 0 spiro atoms. The number of hydrogen-bond donors (Lipinski definition) is 1. The molecule has 0 fully saturated rings. The molecule has 0 bridgehead atoms. The Morgan fingerprint density at radius 3 is 2.20 bits per heavy atom. The Balaban J connectivity index is 2.20. The summed E-state index contributed by atoms with van der Waals surface area (Å²) in [7, 11) is 0. The number of aldehydes is 1. The molecule has 0 saturated carbocycles. The highest BCUT2D eigenvalue weighted by Gasteiger charge is 2.02. The molecule has 0 amide bonds. The molecule has 0 aliphatic heterocycles. The van der Waals surface area contributed by atoms with Crippen LogP contribution in [0.4, 0.5) is 5.69 Å². The first-order valence-electron chi connectivity index (χ1n) is 5.81. The number of aromatic hydroxyl groups is 1. The monoisotopic (exact) mass is 269 g/mol. The Labute approximate surface area is 115 Å². The molecule has 0 aliphatic carbocycles. The molecule has 100 valence electrons. The van der Waals surface area contributed by atoms with E-state index in [2.05, 4.69) is 0 Å². The standard InChI is InChI=1S/C15H11NO4/c17-10-13-9-12(5-8-15(13)18)2-1-11-3-6-14(7-4-11)16(19)20/h1-10,18H. The molecule has 0 saturated heterocycles. The van der Waals surface area contributed by atoms with Crippen LogP contribution in [0.15, 0.2) is 42.5 Å². The van der Waals surface area contributed by atoms with E-state index in [1.165, 1.54) is 18.2 Å². The van der Waals surface area contributed by atoms with Crippen LogP contribution < -0.4 is 0 Å². The van der Waals surface area contributed by atoms with Gasteiger partial charge >= 0.3 is 0 Å². The molecule has 2 rings (SSSR count). The summed E-state index contributed by atoms with van der Waals surface area (Å²) in [6.45, 7) is 0. The molecule has 2 aromatic rings. The lowest BCUT2D eigenvalue weighted by molar-refractivity contribution is -0.384. The maximum atomic E-state index is 10.7. The second-order valence-corrected chi connectivity index (χ2v) is 4.12. The van der Waals surface area contributed by atoms with Crippen molar-refractivity contribution in [1.82, 2.24) is 0 Å². The number of carbonyl (C=O) groups is 1. The third-order valence-corrected chi connectivity index (χ3v) is 2.75. The van der Waals surface area contributed by atoms with E-state index in [-0.39, 0.29) is 17.0 Å². The van der Waals surface area contributed by atoms with Crippen LogP contribution in [-0.2, 0) is 0 Å². The lowest BCUT2D eigenvalue weighted by Gasteiger charge is -1.99. The number of non-ortho nitro benzene ring substituents is 1. The van der Waals surface area contributed by atoms with Crippen LogP contribution in [-0.4, -0.2) is 16.3 Å². The van der Waals surface area contributed by atoms with Crippen molar-refractivity contribution in [2.75, 3.05) is 0 Å². The van der Waals surface area contributed by atoms with Gasteiger partial charge in [-0.1, -0.05) is 18.2 Å². The van der Waals surface area contributed by atoms with E-state index >= 15 is 0 Å². The van der Waals surface area contributed by atoms with E-state index < -0.39 is 4.92 Å². The molecule has 2 aromatic carbocycles. The Morgan fingerprint density at radius 1 is 1.00 bits per heavy atom.